The van der Waals surface area contributed by atoms with E-state index in [-0.39, 0.29) is 12.0 Å². The average molecular weight is 330 g/mol. The lowest BCUT2D eigenvalue weighted by molar-refractivity contribution is 0.0145. The number of piperidine rings is 1. The molecule has 5 heteroatoms. The van der Waals surface area contributed by atoms with Crippen molar-refractivity contribution in [3.63, 3.8) is 0 Å². The minimum absolute atomic E-state index is 0.124. The third-order valence-corrected chi connectivity index (χ3v) is 3.98. The first-order chi connectivity index (χ1) is 9.11. The van der Waals surface area contributed by atoms with Crippen molar-refractivity contribution in [2.45, 2.75) is 25.9 Å². The van der Waals surface area contributed by atoms with Gasteiger partial charge < -0.3 is 9.64 Å². The molecule has 19 heavy (non-hydrogen) atoms. The Balaban J connectivity index is 2.03. The highest BCUT2D eigenvalue weighted by atomic mass is 79.9. The number of hydrogen-bond acceptors (Lipinski definition) is 2. The van der Waals surface area contributed by atoms with Gasteiger partial charge in [0.2, 0.25) is 0 Å². The summed E-state index contributed by atoms with van der Waals surface area (Å²) in [5.41, 5.74) is 0.384. The number of amides is 1. The molecule has 104 valence electrons. The molecular weight excluding hydrogens is 313 g/mol. The molecule has 1 aliphatic heterocycles. The van der Waals surface area contributed by atoms with Crippen molar-refractivity contribution in [1.82, 2.24) is 4.90 Å². The number of carbonyl (C=O) groups is 1. The Kier molecular flexibility index (Phi) is 4.93. The first-order valence-electron chi connectivity index (χ1n) is 6.47. The topological polar surface area (TPSA) is 29.5 Å². The van der Waals surface area contributed by atoms with Gasteiger partial charge in [-0.2, -0.15) is 0 Å². The van der Waals surface area contributed by atoms with Crippen molar-refractivity contribution < 1.29 is 13.9 Å². The summed E-state index contributed by atoms with van der Waals surface area (Å²) in [5, 5.41) is 0. The monoisotopic (exact) mass is 329 g/mol. The van der Waals surface area contributed by atoms with Crippen LogP contribution < -0.4 is 0 Å². The second kappa shape index (κ2) is 6.48. The molecule has 0 atom stereocenters. The van der Waals surface area contributed by atoms with E-state index in [1.165, 1.54) is 12.1 Å². The van der Waals surface area contributed by atoms with Gasteiger partial charge in [0.05, 0.1) is 11.7 Å². The number of likely N-dealkylation sites (tertiary alicyclic amines) is 1. The molecule has 0 radical (unpaired) electrons. The summed E-state index contributed by atoms with van der Waals surface area (Å²) >= 11 is 3.30. The standard InChI is InChI=1S/C14H17BrFNO2/c1-2-19-11-5-7-17(8-6-11)14(18)12-9-10(16)3-4-13(12)15/h3-4,9,11H,2,5-8H2,1H3. The summed E-state index contributed by atoms with van der Waals surface area (Å²) in [5.74, 6) is -0.517. The Morgan fingerprint density at radius 2 is 2.16 bits per heavy atom. The molecule has 3 nitrogen and oxygen atoms in total. The Labute approximate surface area is 120 Å². The number of ether oxygens (including phenoxy) is 1. The van der Waals surface area contributed by atoms with Crippen LogP contribution in [0.2, 0.25) is 0 Å². The number of rotatable bonds is 3. The predicted octanol–water partition coefficient (Wildman–Crippen LogP) is 3.23. The second-order valence-electron chi connectivity index (χ2n) is 4.57. The van der Waals surface area contributed by atoms with E-state index < -0.39 is 5.82 Å². The van der Waals surface area contributed by atoms with Crippen LogP contribution in [0.5, 0.6) is 0 Å². The Hall–Kier alpha value is -0.940. The molecule has 0 spiro atoms. The maximum Gasteiger partial charge on any atom is 0.255 e. The zero-order valence-electron chi connectivity index (χ0n) is 10.9. The van der Waals surface area contributed by atoms with Crippen molar-refractivity contribution >= 4 is 21.8 Å². The van der Waals surface area contributed by atoms with Crippen molar-refractivity contribution in [2.24, 2.45) is 0 Å². The highest BCUT2D eigenvalue weighted by molar-refractivity contribution is 9.10. The van der Waals surface area contributed by atoms with E-state index in [1.54, 1.807) is 11.0 Å². The molecule has 0 saturated carbocycles. The largest absolute Gasteiger partial charge is 0.378 e. The van der Waals surface area contributed by atoms with Gasteiger partial charge in [0.25, 0.3) is 5.91 Å². The molecule has 1 saturated heterocycles. The van der Waals surface area contributed by atoms with Gasteiger partial charge >= 0.3 is 0 Å². The number of carbonyl (C=O) groups excluding carboxylic acids is 1. The third-order valence-electron chi connectivity index (χ3n) is 3.29. The van der Waals surface area contributed by atoms with E-state index in [1.807, 2.05) is 6.92 Å². The van der Waals surface area contributed by atoms with Gasteiger partial charge in [0.15, 0.2) is 0 Å². The predicted molar refractivity (Wildman–Crippen MR) is 74.7 cm³/mol. The van der Waals surface area contributed by atoms with E-state index in [0.717, 1.165) is 12.8 Å². The summed E-state index contributed by atoms with van der Waals surface area (Å²) in [6.45, 7) is 3.99. The quantitative estimate of drug-likeness (QED) is 0.852. The summed E-state index contributed by atoms with van der Waals surface area (Å²) in [7, 11) is 0. The lowest BCUT2D eigenvalue weighted by Crippen LogP contribution is -2.41. The van der Waals surface area contributed by atoms with E-state index in [9.17, 15) is 9.18 Å². The van der Waals surface area contributed by atoms with Crippen LogP contribution in [0.15, 0.2) is 22.7 Å². The fraction of sp³-hybridized carbons (Fsp3) is 0.500. The van der Waals surface area contributed by atoms with E-state index in [2.05, 4.69) is 15.9 Å². The number of hydrogen-bond donors (Lipinski definition) is 0. The first-order valence-corrected chi connectivity index (χ1v) is 7.27. The molecule has 2 rings (SSSR count). The second-order valence-corrected chi connectivity index (χ2v) is 5.43. The minimum atomic E-state index is -0.393. The molecule has 0 unspecified atom stereocenters. The van der Waals surface area contributed by atoms with Crippen LogP contribution in [-0.4, -0.2) is 36.6 Å². The molecular formula is C14H17BrFNO2. The smallest absolute Gasteiger partial charge is 0.255 e. The molecule has 1 amide bonds. The van der Waals surface area contributed by atoms with Crippen molar-refractivity contribution in [1.29, 1.82) is 0 Å². The van der Waals surface area contributed by atoms with Gasteiger partial charge in [-0.1, -0.05) is 0 Å². The van der Waals surface area contributed by atoms with Gasteiger partial charge in [-0.25, -0.2) is 4.39 Å². The molecule has 1 aliphatic rings. The lowest BCUT2D eigenvalue weighted by atomic mass is 10.1. The van der Waals surface area contributed by atoms with Crippen molar-refractivity contribution in [3.05, 3.63) is 34.1 Å². The Bertz CT molecular complexity index is 459. The lowest BCUT2D eigenvalue weighted by Gasteiger charge is -2.32. The van der Waals surface area contributed by atoms with E-state index in [4.69, 9.17) is 4.74 Å². The summed E-state index contributed by atoms with van der Waals surface area (Å²) in [6.07, 6.45) is 1.92. The fourth-order valence-corrected chi connectivity index (χ4v) is 2.71. The van der Waals surface area contributed by atoms with Crippen LogP contribution in [0.25, 0.3) is 0 Å². The minimum Gasteiger partial charge on any atom is -0.378 e. The van der Waals surface area contributed by atoms with Gasteiger partial charge in [-0.05, 0) is 53.9 Å². The first kappa shape index (κ1) is 14.5. The molecule has 1 aromatic carbocycles. The van der Waals surface area contributed by atoms with Crippen LogP contribution >= 0.6 is 15.9 Å². The maximum atomic E-state index is 13.2. The molecule has 0 aliphatic carbocycles. The Morgan fingerprint density at radius 1 is 1.47 bits per heavy atom. The molecule has 1 heterocycles. The highest BCUT2D eigenvalue weighted by Crippen LogP contribution is 2.22. The Morgan fingerprint density at radius 3 is 2.79 bits per heavy atom. The zero-order valence-corrected chi connectivity index (χ0v) is 12.5. The van der Waals surface area contributed by atoms with Crippen LogP contribution in [0.1, 0.15) is 30.1 Å². The average Bonchev–Trinajstić information content (AvgIpc) is 2.42. The van der Waals surface area contributed by atoms with E-state index in [0.29, 0.717) is 29.7 Å². The van der Waals surface area contributed by atoms with Gasteiger partial charge in [-0.3, -0.25) is 4.79 Å². The fourth-order valence-electron chi connectivity index (χ4n) is 2.29. The van der Waals surface area contributed by atoms with Crippen LogP contribution in [-0.2, 0) is 4.74 Å². The zero-order chi connectivity index (χ0) is 13.8. The maximum absolute atomic E-state index is 13.2. The van der Waals surface area contributed by atoms with Gasteiger partial charge in [0, 0.05) is 24.2 Å². The molecule has 1 fully saturated rings. The third kappa shape index (κ3) is 3.54. The van der Waals surface area contributed by atoms with Crippen LogP contribution in [0.4, 0.5) is 4.39 Å². The van der Waals surface area contributed by atoms with Crippen molar-refractivity contribution in [3.8, 4) is 0 Å². The van der Waals surface area contributed by atoms with Gasteiger partial charge in [0.1, 0.15) is 5.82 Å². The molecule has 0 N–H and O–H groups in total. The van der Waals surface area contributed by atoms with Crippen molar-refractivity contribution in [2.75, 3.05) is 19.7 Å². The number of benzene rings is 1. The van der Waals surface area contributed by atoms with E-state index >= 15 is 0 Å². The summed E-state index contributed by atoms with van der Waals surface area (Å²) in [6, 6.07) is 4.18. The molecule has 1 aromatic rings. The molecule has 0 aromatic heterocycles. The molecule has 0 bridgehead atoms. The number of halogens is 2. The van der Waals surface area contributed by atoms with Gasteiger partial charge in [-0.15, -0.1) is 0 Å². The SMILES string of the molecule is CCOC1CCN(C(=O)c2cc(F)ccc2Br)CC1. The van der Waals surface area contributed by atoms with Crippen LogP contribution in [0.3, 0.4) is 0 Å². The summed E-state index contributed by atoms with van der Waals surface area (Å²) in [4.78, 5) is 14.1. The number of nitrogens with zero attached hydrogens (tertiary/aromatic N) is 1. The van der Waals surface area contributed by atoms with Crippen LogP contribution in [0, 0.1) is 5.82 Å². The normalized spacial score (nSPS) is 16.7. The summed E-state index contributed by atoms with van der Waals surface area (Å²) < 4.78 is 19.4. The highest BCUT2D eigenvalue weighted by Gasteiger charge is 2.25.